The molecule has 1 rings (SSSR count). The lowest BCUT2D eigenvalue weighted by Crippen LogP contribution is -2.23. The number of hydrogen-bond acceptors (Lipinski definition) is 2. The molecular formula is C14H23NO. The Morgan fingerprint density at radius 2 is 1.81 bits per heavy atom. The average Bonchev–Trinajstić information content (AvgIpc) is 2.28. The zero-order valence-electron chi connectivity index (χ0n) is 10.5. The number of aliphatic hydroxyl groups is 1. The zero-order valence-corrected chi connectivity index (χ0v) is 10.5. The minimum Gasteiger partial charge on any atom is -0.392 e. The molecule has 0 saturated heterocycles. The molecule has 0 heterocycles. The van der Waals surface area contributed by atoms with Crippen LogP contribution in [0.4, 0.5) is 0 Å². The third-order valence-electron chi connectivity index (χ3n) is 2.93. The molecule has 0 aliphatic rings. The fourth-order valence-corrected chi connectivity index (χ4v) is 1.63. The normalized spacial score (nSPS) is 14.8. The van der Waals surface area contributed by atoms with Gasteiger partial charge >= 0.3 is 0 Å². The second-order valence-corrected chi connectivity index (χ2v) is 4.53. The van der Waals surface area contributed by atoms with Gasteiger partial charge in [0.25, 0.3) is 0 Å². The molecule has 2 atom stereocenters. The first-order valence-electron chi connectivity index (χ1n) is 6.11. The van der Waals surface area contributed by atoms with Crippen LogP contribution in [0.25, 0.3) is 0 Å². The molecular weight excluding hydrogens is 198 g/mol. The summed E-state index contributed by atoms with van der Waals surface area (Å²) in [5.74, 6) is 0.638. The summed E-state index contributed by atoms with van der Waals surface area (Å²) >= 11 is 0. The Morgan fingerprint density at radius 1 is 1.19 bits per heavy atom. The molecule has 0 radical (unpaired) electrons. The van der Waals surface area contributed by atoms with Gasteiger partial charge < -0.3 is 10.4 Å². The Labute approximate surface area is 98.7 Å². The zero-order chi connectivity index (χ0) is 12.0. The van der Waals surface area contributed by atoms with E-state index >= 15 is 0 Å². The van der Waals surface area contributed by atoms with Crippen molar-refractivity contribution in [3.63, 3.8) is 0 Å². The lowest BCUT2D eigenvalue weighted by Gasteiger charge is -2.10. The SMILES string of the molecule is CCC(C)c1ccc(CNCC(C)O)cc1. The summed E-state index contributed by atoms with van der Waals surface area (Å²) in [6, 6.07) is 8.73. The third kappa shape index (κ3) is 4.33. The van der Waals surface area contributed by atoms with Crippen LogP contribution in [0.15, 0.2) is 24.3 Å². The minimum absolute atomic E-state index is 0.278. The Balaban J connectivity index is 2.45. The topological polar surface area (TPSA) is 32.3 Å². The van der Waals surface area contributed by atoms with Crippen LogP contribution < -0.4 is 5.32 Å². The van der Waals surface area contributed by atoms with Crippen molar-refractivity contribution in [3.05, 3.63) is 35.4 Å². The fourth-order valence-electron chi connectivity index (χ4n) is 1.63. The fraction of sp³-hybridized carbons (Fsp3) is 0.571. The van der Waals surface area contributed by atoms with Crippen LogP contribution in [-0.2, 0) is 6.54 Å². The van der Waals surface area contributed by atoms with Gasteiger partial charge in [-0.3, -0.25) is 0 Å². The molecule has 0 bridgehead atoms. The number of hydrogen-bond donors (Lipinski definition) is 2. The summed E-state index contributed by atoms with van der Waals surface area (Å²) in [6.07, 6.45) is 0.902. The van der Waals surface area contributed by atoms with Gasteiger partial charge in [0.1, 0.15) is 0 Å². The van der Waals surface area contributed by atoms with E-state index in [-0.39, 0.29) is 6.10 Å². The number of benzene rings is 1. The van der Waals surface area contributed by atoms with Gasteiger partial charge in [0.2, 0.25) is 0 Å². The van der Waals surface area contributed by atoms with Crippen molar-refractivity contribution in [1.29, 1.82) is 0 Å². The van der Waals surface area contributed by atoms with Crippen LogP contribution in [0.2, 0.25) is 0 Å². The second kappa shape index (κ2) is 6.66. The van der Waals surface area contributed by atoms with E-state index in [1.54, 1.807) is 6.92 Å². The van der Waals surface area contributed by atoms with E-state index < -0.39 is 0 Å². The summed E-state index contributed by atoms with van der Waals surface area (Å²) in [4.78, 5) is 0. The number of nitrogens with one attached hydrogen (secondary N) is 1. The molecule has 2 unspecified atom stereocenters. The first kappa shape index (κ1) is 13.2. The lowest BCUT2D eigenvalue weighted by molar-refractivity contribution is 0.191. The molecule has 1 aromatic carbocycles. The molecule has 2 heteroatoms. The van der Waals surface area contributed by atoms with Gasteiger partial charge in [0.05, 0.1) is 6.10 Å². The van der Waals surface area contributed by atoms with E-state index in [1.807, 2.05) is 0 Å². The Bertz CT molecular complexity index is 292. The van der Waals surface area contributed by atoms with Gasteiger partial charge in [0, 0.05) is 13.1 Å². The van der Waals surface area contributed by atoms with Crippen LogP contribution >= 0.6 is 0 Å². The molecule has 90 valence electrons. The highest BCUT2D eigenvalue weighted by Gasteiger charge is 2.02. The Morgan fingerprint density at radius 3 is 2.31 bits per heavy atom. The molecule has 0 fully saturated rings. The van der Waals surface area contributed by atoms with Crippen LogP contribution in [0.1, 0.15) is 44.2 Å². The molecule has 0 aromatic heterocycles. The maximum absolute atomic E-state index is 9.12. The highest BCUT2D eigenvalue weighted by atomic mass is 16.3. The van der Waals surface area contributed by atoms with Crippen molar-refractivity contribution in [3.8, 4) is 0 Å². The van der Waals surface area contributed by atoms with E-state index in [0.29, 0.717) is 12.5 Å². The predicted molar refractivity (Wildman–Crippen MR) is 68.5 cm³/mol. The van der Waals surface area contributed by atoms with E-state index in [0.717, 1.165) is 6.54 Å². The summed E-state index contributed by atoms with van der Waals surface area (Å²) in [5, 5.41) is 12.3. The molecule has 0 aliphatic carbocycles. The van der Waals surface area contributed by atoms with Gasteiger partial charge in [-0.1, -0.05) is 38.1 Å². The van der Waals surface area contributed by atoms with E-state index in [1.165, 1.54) is 17.5 Å². The molecule has 2 nitrogen and oxygen atoms in total. The summed E-state index contributed by atoms with van der Waals surface area (Å²) < 4.78 is 0. The molecule has 2 N–H and O–H groups in total. The maximum Gasteiger partial charge on any atom is 0.0636 e. The lowest BCUT2D eigenvalue weighted by atomic mass is 9.98. The predicted octanol–water partition coefficient (Wildman–Crippen LogP) is 2.67. The van der Waals surface area contributed by atoms with E-state index in [2.05, 4.69) is 43.4 Å². The summed E-state index contributed by atoms with van der Waals surface area (Å²) in [5.41, 5.74) is 2.68. The van der Waals surface area contributed by atoms with Crippen molar-refractivity contribution in [2.75, 3.05) is 6.54 Å². The largest absolute Gasteiger partial charge is 0.392 e. The van der Waals surface area contributed by atoms with Gasteiger partial charge in [0.15, 0.2) is 0 Å². The van der Waals surface area contributed by atoms with Gasteiger partial charge in [-0.2, -0.15) is 0 Å². The van der Waals surface area contributed by atoms with Crippen molar-refractivity contribution < 1.29 is 5.11 Å². The quantitative estimate of drug-likeness (QED) is 0.774. The third-order valence-corrected chi connectivity index (χ3v) is 2.93. The number of aliphatic hydroxyl groups excluding tert-OH is 1. The Kier molecular flexibility index (Phi) is 5.50. The first-order valence-corrected chi connectivity index (χ1v) is 6.11. The van der Waals surface area contributed by atoms with Gasteiger partial charge in [-0.25, -0.2) is 0 Å². The molecule has 0 aliphatic heterocycles. The van der Waals surface area contributed by atoms with Crippen molar-refractivity contribution >= 4 is 0 Å². The Hall–Kier alpha value is -0.860. The van der Waals surface area contributed by atoms with Crippen molar-refractivity contribution in [2.24, 2.45) is 0 Å². The van der Waals surface area contributed by atoms with Gasteiger partial charge in [-0.05, 0) is 30.4 Å². The second-order valence-electron chi connectivity index (χ2n) is 4.53. The highest BCUT2D eigenvalue weighted by Crippen LogP contribution is 2.18. The minimum atomic E-state index is -0.278. The first-order chi connectivity index (χ1) is 7.63. The molecule has 0 saturated carbocycles. The van der Waals surface area contributed by atoms with Crippen LogP contribution in [-0.4, -0.2) is 17.8 Å². The maximum atomic E-state index is 9.12. The molecule has 0 amide bonds. The van der Waals surface area contributed by atoms with Crippen LogP contribution in [0.3, 0.4) is 0 Å². The van der Waals surface area contributed by atoms with Crippen molar-refractivity contribution in [1.82, 2.24) is 5.32 Å². The number of rotatable bonds is 6. The molecule has 1 aromatic rings. The standard InChI is InChI=1S/C14H23NO/c1-4-11(2)14-7-5-13(6-8-14)10-15-9-12(3)16/h5-8,11-12,15-16H,4,9-10H2,1-3H3. The van der Waals surface area contributed by atoms with Gasteiger partial charge in [-0.15, -0.1) is 0 Å². The summed E-state index contributed by atoms with van der Waals surface area (Å²) in [7, 11) is 0. The molecule has 0 spiro atoms. The average molecular weight is 221 g/mol. The van der Waals surface area contributed by atoms with Crippen LogP contribution in [0.5, 0.6) is 0 Å². The van der Waals surface area contributed by atoms with Crippen molar-refractivity contribution in [2.45, 2.75) is 45.8 Å². The monoisotopic (exact) mass is 221 g/mol. The summed E-state index contributed by atoms with van der Waals surface area (Å²) in [6.45, 7) is 7.72. The van der Waals surface area contributed by atoms with E-state index in [4.69, 9.17) is 5.11 Å². The molecule has 16 heavy (non-hydrogen) atoms. The highest BCUT2D eigenvalue weighted by molar-refractivity contribution is 5.24. The van der Waals surface area contributed by atoms with Crippen LogP contribution in [0, 0.1) is 0 Å². The van der Waals surface area contributed by atoms with E-state index in [9.17, 15) is 0 Å². The smallest absolute Gasteiger partial charge is 0.0636 e.